The van der Waals surface area contributed by atoms with Gasteiger partial charge in [-0.25, -0.2) is 0 Å². The number of nitrogens with zero attached hydrogens (tertiary/aromatic N) is 1. The van der Waals surface area contributed by atoms with Gasteiger partial charge in [0.25, 0.3) is 5.91 Å². The first-order valence-corrected chi connectivity index (χ1v) is 7.70. The number of pyridine rings is 1. The van der Waals surface area contributed by atoms with Crippen molar-refractivity contribution in [1.29, 1.82) is 0 Å². The summed E-state index contributed by atoms with van der Waals surface area (Å²) in [6, 6.07) is 1.99. The Kier molecular flexibility index (Phi) is 2.97. The molecular formula is C15H19N3OS. The molecule has 1 aliphatic carbocycles. The van der Waals surface area contributed by atoms with E-state index in [1.54, 1.807) is 0 Å². The molecule has 1 fully saturated rings. The van der Waals surface area contributed by atoms with Crippen molar-refractivity contribution in [3.8, 4) is 0 Å². The number of hydrogen-bond donors (Lipinski definition) is 2. The predicted octanol–water partition coefficient (Wildman–Crippen LogP) is 3.17. The van der Waals surface area contributed by atoms with Crippen LogP contribution in [0.25, 0.3) is 10.1 Å². The number of rotatable bonds is 2. The predicted molar refractivity (Wildman–Crippen MR) is 83.2 cm³/mol. The monoisotopic (exact) mass is 289 g/mol. The van der Waals surface area contributed by atoms with E-state index in [4.69, 9.17) is 5.73 Å². The first kappa shape index (κ1) is 13.4. The van der Waals surface area contributed by atoms with Crippen LogP contribution in [0, 0.1) is 13.8 Å². The molecule has 2 aromatic heterocycles. The number of hydrogen-bond acceptors (Lipinski definition) is 4. The molecule has 0 atom stereocenters. The third-order valence-electron chi connectivity index (χ3n) is 4.10. The zero-order valence-electron chi connectivity index (χ0n) is 12.0. The maximum absolute atomic E-state index is 12.4. The fourth-order valence-corrected chi connectivity index (χ4v) is 3.98. The molecule has 0 saturated heterocycles. The zero-order valence-corrected chi connectivity index (χ0v) is 12.9. The van der Waals surface area contributed by atoms with Crippen LogP contribution in [-0.4, -0.2) is 16.4 Å². The fraction of sp³-hybridized carbons (Fsp3) is 0.467. The summed E-state index contributed by atoms with van der Waals surface area (Å²) >= 11 is 1.46. The van der Waals surface area contributed by atoms with Crippen molar-refractivity contribution in [1.82, 2.24) is 10.3 Å². The van der Waals surface area contributed by atoms with Gasteiger partial charge in [0.15, 0.2) is 0 Å². The number of fused-ring (bicyclic) bond motifs is 1. The van der Waals surface area contributed by atoms with Crippen LogP contribution in [0.1, 0.15) is 47.2 Å². The Morgan fingerprint density at radius 1 is 1.45 bits per heavy atom. The van der Waals surface area contributed by atoms with E-state index in [0.717, 1.165) is 34.3 Å². The summed E-state index contributed by atoms with van der Waals surface area (Å²) in [7, 11) is 0. The Balaban J connectivity index is 2.01. The van der Waals surface area contributed by atoms with Crippen molar-refractivity contribution in [2.75, 3.05) is 5.73 Å². The summed E-state index contributed by atoms with van der Waals surface area (Å²) in [6.45, 7) is 5.99. The largest absolute Gasteiger partial charge is 0.397 e. The number of amides is 1. The van der Waals surface area contributed by atoms with Gasteiger partial charge in [0.1, 0.15) is 4.88 Å². The molecule has 1 amide bonds. The minimum Gasteiger partial charge on any atom is -0.397 e. The van der Waals surface area contributed by atoms with E-state index in [0.29, 0.717) is 10.6 Å². The van der Waals surface area contributed by atoms with Crippen LogP contribution in [0.5, 0.6) is 0 Å². The Morgan fingerprint density at radius 3 is 2.75 bits per heavy atom. The molecule has 0 aliphatic heterocycles. The molecule has 1 saturated carbocycles. The Morgan fingerprint density at radius 2 is 2.15 bits per heavy atom. The summed E-state index contributed by atoms with van der Waals surface area (Å²) in [5, 5.41) is 4.04. The molecule has 0 aromatic carbocycles. The highest BCUT2D eigenvalue weighted by atomic mass is 32.1. The maximum atomic E-state index is 12.4. The average Bonchev–Trinajstić information content (AvgIpc) is 2.64. The van der Waals surface area contributed by atoms with Gasteiger partial charge >= 0.3 is 0 Å². The summed E-state index contributed by atoms with van der Waals surface area (Å²) in [5.41, 5.74) is 8.54. The zero-order chi connectivity index (χ0) is 14.5. The van der Waals surface area contributed by atoms with Crippen LogP contribution in [-0.2, 0) is 0 Å². The van der Waals surface area contributed by atoms with E-state index in [1.807, 2.05) is 19.9 Å². The highest BCUT2D eigenvalue weighted by molar-refractivity contribution is 7.21. The van der Waals surface area contributed by atoms with Crippen LogP contribution < -0.4 is 11.1 Å². The maximum Gasteiger partial charge on any atom is 0.263 e. The van der Waals surface area contributed by atoms with Gasteiger partial charge in [-0.05, 0) is 46.1 Å². The van der Waals surface area contributed by atoms with Crippen molar-refractivity contribution < 1.29 is 4.79 Å². The second-order valence-corrected chi connectivity index (χ2v) is 6.99. The van der Waals surface area contributed by atoms with Gasteiger partial charge in [-0.1, -0.05) is 0 Å². The van der Waals surface area contributed by atoms with Gasteiger partial charge in [0.05, 0.1) is 5.69 Å². The van der Waals surface area contributed by atoms with E-state index in [-0.39, 0.29) is 11.4 Å². The van der Waals surface area contributed by atoms with Crippen molar-refractivity contribution in [2.45, 2.75) is 45.6 Å². The molecule has 1 aliphatic rings. The SMILES string of the molecule is Cc1cc2sc(C(=O)NC3(C)CCC3)c(N)c2c(C)n1. The Bertz CT molecular complexity index is 701. The number of nitrogen functional groups attached to an aromatic ring is 1. The molecule has 4 nitrogen and oxygen atoms in total. The molecule has 0 bridgehead atoms. The average molecular weight is 289 g/mol. The number of carbonyl (C=O) groups excluding carboxylic acids is 1. The number of carbonyl (C=O) groups is 1. The lowest BCUT2D eigenvalue weighted by atomic mass is 9.78. The summed E-state index contributed by atoms with van der Waals surface area (Å²) < 4.78 is 1.04. The van der Waals surface area contributed by atoms with E-state index in [1.165, 1.54) is 17.8 Å². The number of aryl methyl sites for hydroxylation is 2. The van der Waals surface area contributed by atoms with Crippen LogP contribution >= 0.6 is 11.3 Å². The van der Waals surface area contributed by atoms with Gasteiger partial charge in [-0.3, -0.25) is 9.78 Å². The lowest BCUT2D eigenvalue weighted by molar-refractivity contribution is 0.0855. The van der Waals surface area contributed by atoms with Crippen LogP contribution in [0.3, 0.4) is 0 Å². The second-order valence-electron chi connectivity index (χ2n) is 5.94. The van der Waals surface area contributed by atoms with E-state index in [2.05, 4.69) is 17.2 Å². The first-order chi connectivity index (χ1) is 9.39. The Labute approximate surface area is 122 Å². The van der Waals surface area contributed by atoms with E-state index < -0.39 is 0 Å². The van der Waals surface area contributed by atoms with E-state index in [9.17, 15) is 4.79 Å². The van der Waals surface area contributed by atoms with Gasteiger partial charge in [0.2, 0.25) is 0 Å². The number of nitrogens with one attached hydrogen (secondary N) is 1. The van der Waals surface area contributed by atoms with Crippen molar-refractivity contribution in [2.24, 2.45) is 0 Å². The molecular weight excluding hydrogens is 270 g/mol. The minimum atomic E-state index is -0.0528. The van der Waals surface area contributed by atoms with Crippen LogP contribution in [0.15, 0.2) is 6.07 Å². The molecule has 0 radical (unpaired) electrons. The Hall–Kier alpha value is -1.62. The molecule has 3 rings (SSSR count). The minimum absolute atomic E-state index is 0.0527. The molecule has 0 spiro atoms. The van der Waals surface area contributed by atoms with Gasteiger partial charge in [-0.2, -0.15) is 0 Å². The second kappa shape index (κ2) is 4.45. The van der Waals surface area contributed by atoms with Crippen molar-refractivity contribution in [3.05, 3.63) is 22.3 Å². The summed E-state index contributed by atoms with van der Waals surface area (Å²) in [6.07, 6.45) is 3.27. The standard InChI is InChI=1S/C15H19N3OS/c1-8-7-10-11(9(2)17-8)12(16)13(20-10)14(19)18-15(3)5-4-6-15/h7H,4-6,16H2,1-3H3,(H,18,19). The molecule has 0 unspecified atom stereocenters. The quantitative estimate of drug-likeness (QED) is 0.892. The lowest BCUT2D eigenvalue weighted by Gasteiger charge is -2.39. The molecule has 5 heteroatoms. The molecule has 106 valence electrons. The summed E-state index contributed by atoms with van der Waals surface area (Å²) in [5.74, 6) is -0.0528. The lowest BCUT2D eigenvalue weighted by Crippen LogP contribution is -2.50. The van der Waals surface area contributed by atoms with Gasteiger partial charge in [0, 0.05) is 27.0 Å². The normalized spacial score (nSPS) is 16.9. The number of thiophene rings is 1. The van der Waals surface area contributed by atoms with Gasteiger partial charge < -0.3 is 11.1 Å². The third kappa shape index (κ3) is 2.06. The number of anilines is 1. The highest BCUT2D eigenvalue weighted by Crippen LogP contribution is 2.37. The smallest absolute Gasteiger partial charge is 0.263 e. The van der Waals surface area contributed by atoms with Crippen molar-refractivity contribution >= 4 is 33.0 Å². The highest BCUT2D eigenvalue weighted by Gasteiger charge is 2.34. The fourth-order valence-electron chi connectivity index (χ4n) is 2.81. The third-order valence-corrected chi connectivity index (χ3v) is 5.25. The summed E-state index contributed by atoms with van der Waals surface area (Å²) in [4.78, 5) is 17.5. The number of aromatic nitrogens is 1. The van der Waals surface area contributed by atoms with Gasteiger partial charge in [-0.15, -0.1) is 11.3 Å². The molecule has 2 aromatic rings. The molecule has 20 heavy (non-hydrogen) atoms. The van der Waals surface area contributed by atoms with E-state index >= 15 is 0 Å². The molecule has 2 heterocycles. The number of nitrogens with two attached hydrogens (primary N) is 1. The van der Waals surface area contributed by atoms with Crippen LogP contribution in [0.4, 0.5) is 5.69 Å². The topological polar surface area (TPSA) is 68.0 Å². The first-order valence-electron chi connectivity index (χ1n) is 6.88. The molecule has 3 N–H and O–H groups in total. The van der Waals surface area contributed by atoms with Crippen LogP contribution in [0.2, 0.25) is 0 Å². The van der Waals surface area contributed by atoms with Crippen molar-refractivity contribution in [3.63, 3.8) is 0 Å².